The van der Waals surface area contributed by atoms with E-state index in [1.807, 2.05) is 30.5 Å². The molecule has 0 bridgehead atoms. The molecule has 25 heavy (non-hydrogen) atoms. The van der Waals surface area contributed by atoms with Crippen molar-refractivity contribution in [2.75, 3.05) is 18.2 Å². The number of para-hydroxylation sites is 1. The fourth-order valence-corrected chi connectivity index (χ4v) is 3.44. The van der Waals surface area contributed by atoms with Crippen LogP contribution in [0.15, 0.2) is 47.4 Å². The van der Waals surface area contributed by atoms with Gasteiger partial charge in [0.2, 0.25) is 5.91 Å². The van der Waals surface area contributed by atoms with Crippen LogP contribution in [0.1, 0.15) is 35.3 Å². The van der Waals surface area contributed by atoms with Gasteiger partial charge in [0.15, 0.2) is 0 Å². The van der Waals surface area contributed by atoms with Crippen LogP contribution in [0.4, 0.5) is 5.69 Å². The van der Waals surface area contributed by atoms with Crippen LogP contribution in [0.3, 0.4) is 0 Å². The van der Waals surface area contributed by atoms with Crippen molar-refractivity contribution in [1.82, 2.24) is 5.32 Å². The third-order valence-corrected chi connectivity index (χ3v) is 4.82. The van der Waals surface area contributed by atoms with Crippen molar-refractivity contribution < 1.29 is 14.3 Å². The molecule has 1 heterocycles. The number of rotatable bonds is 4. The van der Waals surface area contributed by atoms with Gasteiger partial charge in [0.1, 0.15) is 5.75 Å². The van der Waals surface area contributed by atoms with Gasteiger partial charge in [-0.05, 0) is 30.5 Å². The Morgan fingerprint density at radius 3 is 2.76 bits per heavy atom. The van der Waals surface area contributed by atoms with Crippen LogP contribution in [0.25, 0.3) is 0 Å². The summed E-state index contributed by atoms with van der Waals surface area (Å²) in [7, 11) is 0. The number of benzene rings is 2. The van der Waals surface area contributed by atoms with Crippen LogP contribution >= 0.6 is 11.8 Å². The highest BCUT2D eigenvalue weighted by Crippen LogP contribution is 2.32. The zero-order chi connectivity index (χ0) is 17.8. The topological polar surface area (TPSA) is 67.4 Å². The summed E-state index contributed by atoms with van der Waals surface area (Å²) in [6, 6.07) is 13.0. The molecule has 0 fully saturated rings. The normalized spacial score (nSPS) is 15.7. The van der Waals surface area contributed by atoms with Gasteiger partial charge in [-0.2, -0.15) is 0 Å². The second kappa shape index (κ2) is 7.61. The highest BCUT2D eigenvalue weighted by molar-refractivity contribution is 7.98. The molecule has 0 saturated heterocycles. The monoisotopic (exact) mass is 356 g/mol. The summed E-state index contributed by atoms with van der Waals surface area (Å²) < 4.78 is 5.64. The van der Waals surface area contributed by atoms with E-state index < -0.39 is 0 Å². The zero-order valence-corrected chi connectivity index (χ0v) is 15.0. The predicted molar refractivity (Wildman–Crippen MR) is 99.3 cm³/mol. The van der Waals surface area contributed by atoms with E-state index in [0.717, 1.165) is 22.6 Å². The quantitative estimate of drug-likeness (QED) is 0.821. The fourth-order valence-electron chi connectivity index (χ4n) is 2.86. The third kappa shape index (κ3) is 3.96. The summed E-state index contributed by atoms with van der Waals surface area (Å²) >= 11 is 1.49. The lowest BCUT2D eigenvalue weighted by molar-refractivity contribution is -0.114. The van der Waals surface area contributed by atoms with Crippen LogP contribution in [0.5, 0.6) is 5.75 Å². The molecule has 2 amide bonds. The van der Waals surface area contributed by atoms with Gasteiger partial charge in [-0.25, -0.2) is 0 Å². The Balaban J connectivity index is 1.79. The lowest BCUT2D eigenvalue weighted by atomic mass is 10.00. The van der Waals surface area contributed by atoms with Crippen LogP contribution in [-0.2, 0) is 4.79 Å². The van der Waals surface area contributed by atoms with E-state index in [1.54, 1.807) is 18.2 Å². The van der Waals surface area contributed by atoms with Crippen molar-refractivity contribution in [3.63, 3.8) is 0 Å². The molecule has 0 radical (unpaired) electrons. The maximum Gasteiger partial charge on any atom is 0.251 e. The third-order valence-electron chi connectivity index (χ3n) is 4.04. The number of anilines is 1. The first-order chi connectivity index (χ1) is 12.1. The smallest absolute Gasteiger partial charge is 0.251 e. The van der Waals surface area contributed by atoms with Gasteiger partial charge in [0.25, 0.3) is 5.91 Å². The first-order valence-corrected chi connectivity index (χ1v) is 9.29. The van der Waals surface area contributed by atoms with Gasteiger partial charge in [0.05, 0.1) is 18.3 Å². The fraction of sp³-hybridized carbons (Fsp3) is 0.263. The molecule has 5 nitrogen and oxygen atoms in total. The molecule has 3 rings (SSSR count). The molecule has 0 spiro atoms. The Morgan fingerprint density at radius 1 is 1.20 bits per heavy atom. The number of carbonyl (C=O) groups excluding carboxylic acids is 2. The number of hydrogen-bond donors (Lipinski definition) is 2. The maximum absolute atomic E-state index is 12.7. The number of thioether (sulfide) groups is 1. The molecule has 6 heteroatoms. The minimum atomic E-state index is -0.133. The van der Waals surface area contributed by atoms with E-state index in [0.29, 0.717) is 17.9 Å². The minimum Gasteiger partial charge on any atom is -0.493 e. The number of fused-ring (bicyclic) bond motifs is 1. The van der Waals surface area contributed by atoms with E-state index in [1.165, 1.54) is 18.7 Å². The number of hydrogen-bond acceptors (Lipinski definition) is 4. The Hall–Kier alpha value is -2.47. The average Bonchev–Trinajstić information content (AvgIpc) is 2.62. The predicted octanol–water partition coefficient (Wildman–Crippen LogP) is 3.62. The molecule has 2 N–H and O–H groups in total. The minimum absolute atomic E-state index is 0.0646. The standard InChI is InChI=1S/C19H20N2O3S/c1-12(22)20-16-8-7-13(11-18(16)25-2)19(23)21-15-9-10-24-17-6-4-3-5-14(15)17/h3-8,11,15H,9-10H2,1-2H3,(H,20,22)(H,21,23). The zero-order valence-electron chi connectivity index (χ0n) is 14.2. The highest BCUT2D eigenvalue weighted by atomic mass is 32.2. The molecule has 2 aromatic carbocycles. The largest absolute Gasteiger partial charge is 0.493 e. The molecule has 1 aliphatic rings. The van der Waals surface area contributed by atoms with Gasteiger partial charge < -0.3 is 15.4 Å². The molecular formula is C19H20N2O3S. The highest BCUT2D eigenvalue weighted by Gasteiger charge is 2.23. The van der Waals surface area contributed by atoms with Crippen LogP contribution in [-0.4, -0.2) is 24.7 Å². The lowest BCUT2D eigenvalue weighted by Gasteiger charge is -2.26. The van der Waals surface area contributed by atoms with Crippen molar-refractivity contribution >= 4 is 29.3 Å². The Morgan fingerprint density at radius 2 is 2.00 bits per heavy atom. The molecule has 0 aliphatic carbocycles. The van der Waals surface area contributed by atoms with Crippen molar-refractivity contribution in [3.8, 4) is 5.75 Å². The number of nitrogens with one attached hydrogen (secondary N) is 2. The second-order valence-corrected chi connectivity index (χ2v) is 6.65. The van der Waals surface area contributed by atoms with Gasteiger partial charge in [-0.15, -0.1) is 11.8 Å². The number of amides is 2. The first kappa shape index (κ1) is 17.4. The molecule has 130 valence electrons. The second-order valence-electron chi connectivity index (χ2n) is 5.80. The maximum atomic E-state index is 12.7. The van der Waals surface area contributed by atoms with Crippen LogP contribution in [0.2, 0.25) is 0 Å². The molecule has 0 saturated carbocycles. The molecule has 1 unspecified atom stereocenters. The molecule has 1 aliphatic heterocycles. The van der Waals surface area contributed by atoms with Gasteiger partial charge in [-0.3, -0.25) is 9.59 Å². The van der Waals surface area contributed by atoms with Crippen molar-refractivity contribution in [2.45, 2.75) is 24.3 Å². The first-order valence-electron chi connectivity index (χ1n) is 8.06. The van der Waals surface area contributed by atoms with Gasteiger partial charge >= 0.3 is 0 Å². The lowest BCUT2D eigenvalue weighted by Crippen LogP contribution is -2.32. The van der Waals surface area contributed by atoms with Gasteiger partial charge in [0, 0.05) is 29.4 Å². The van der Waals surface area contributed by atoms with Crippen molar-refractivity contribution in [2.24, 2.45) is 0 Å². The SMILES string of the molecule is CSc1cc(C(=O)NC2CCOc3ccccc32)ccc1NC(C)=O. The Labute approximate surface area is 151 Å². The van der Waals surface area contributed by atoms with E-state index in [-0.39, 0.29) is 17.9 Å². The van der Waals surface area contributed by atoms with E-state index in [9.17, 15) is 9.59 Å². The summed E-state index contributed by atoms with van der Waals surface area (Å²) in [6.45, 7) is 2.05. The van der Waals surface area contributed by atoms with Gasteiger partial charge in [-0.1, -0.05) is 18.2 Å². The summed E-state index contributed by atoms with van der Waals surface area (Å²) in [5.41, 5.74) is 2.29. The van der Waals surface area contributed by atoms with Crippen LogP contribution < -0.4 is 15.4 Å². The molecule has 0 aromatic heterocycles. The summed E-state index contributed by atoms with van der Waals surface area (Å²) in [6.07, 6.45) is 2.65. The summed E-state index contributed by atoms with van der Waals surface area (Å²) in [5.74, 6) is 0.558. The Bertz CT molecular complexity index is 807. The number of carbonyl (C=O) groups is 2. The van der Waals surface area contributed by atoms with E-state index >= 15 is 0 Å². The average molecular weight is 356 g/mol. The van der Waals surface area contributed by atoms with E-state index in [4.69, 9.17) is 4.74 Å². The Kier molecular flexibility index (Phi) is 5.28. The summed E-state index contributed by atoms with van der Waals surface area (Å²) in [5, 5.41) is 5.86. The van der Waals surface area contributed by atoms with Crippen molar-refractivity contribution in [1.29, 1.82) is 0 Å². The summed E-state index contributed by atoms with van der Waals surface area (Å²) in [4.78, 5) is 24.8. The molecular weight excluding hydrogens is 336 g/mol. The molecule has 1 atom stereocenters. The van der Waals surface area contributed by atoms with E-state index in [2.05, 4.69) is 10.6 Å². The van der Waals surface area contributed by atoms with Crippen molar-refractivity contribution in [3.05, 3.63) is 53.6 Å². The van der Waals surface area contributed by atoms with Crippen LogP contribution in [0, 0.1) is 0 Å². The molecule has 2 aromatic rings. The number of ether oxygens (including phenoxy) is 1.